The number of carbonyl (C=O) groups is 1. The minimum absolute atomic E-state index is 0.0869. The fourth-order valence-electron chi connectivity index (χ4n) is 3.24. The van der Waals surface area contributed by atoms with E-state index in [1.807, 2.05) is 30.3 Å². The van der Waals surface area contributed by atoms with E-state index in [2.05, 4.69) is 34.0 Å². The maximum atomic E-state index is 11.6. The molecule has 3 aromatic rings. The van der Waals surface area contributed by atoms with Gasteiger partial charge in [-0.1, -0.05) is 36.9 Å². The first-order chi connectivity index (χ1) is 14.2. The van der Waals surface area contributed by atoms with E-state index >= 15 is 0 Å². The van der Waals surface area contributed by atoms with Gasteiger partial charge >= 0.3 is 0 Å². The van der Waals surface area contributed by atoms with Gasteiger partial charge in [0.2, 0.25) is 5.91 Å². The molecule has 148 valence electrons. The molecule has 1 N–H and O–H groups in total. The van der Waals surface area contributed by atoms with Gasteiger partial charge in [-0.2, -0.15) is 0 Å². The quantitative estimate of drug-likeness (QED) is 0.625. The third-order valence-corrected chi connectivity index (χ3v) is 4.85. The number of carbonyl (C=O) groups excluding carboxylic acids is 1. The normalized spacial score (nSPS) is 13.6. The van der Waals surface area contributed by atoms with E-state index < -0.39 is 0 Å². The van der Waals surface area contributed by atoms with Crippen molar-refractivity contribution in [2.75, 3.05) is 25.5 Å². The van der Waals surface area contributed by atoms with Gasteiger partial charge in [-0.15, -0.1) is 0 Å². The van der Waals surface area contributed by atoms with Crippen molar-refractivity contribution in [3.8, 4) is 11.5 Å². The summed E-state index contributed by atoms with van der Waals surface area (Å²) < 4.78 is 11.6. The van der Waals surface area contributed by atoms with Crippen molar-refractivity contribution in [2.45, 2.75) is 12.6 Å². The molecule has 0 unspecified atom stereocenters. The monoisotopic (exact) mass is 390 g/mol. The van der Waals surface area contributed by atoms with Crippen LogP contribution in [0.5, 0.6) is 11.5 Å². The van der Waals surface area contributed by atoms with E-state index in [0.717, 1.165) is 22.3 Å². The molecular weight excluding hydrogens is 368 g/mol. The zero-order chi connectivity index (χ0) is 20.2. The van der Waals surface area contributed by atoms with E-state index in [4.69, 9.17) is 9.47 Å². The summed E-state index contributed by atoms with van der Waals surface area (Å²) in [5.74, 6) is 1.84. The Morgan fingerprint density at radius 3 is 2.76 bits per heavy atom. The molecule has 2 heterocycles. The number of fused-ring (bicyclic) bond motifs is 1. The summed E-state index contributed by atoms with van der Waals surface area (Å²) in [7, 11) is 1.60. The summed E-state index contributed by atoms with van der Waals surface area (Å²) in [4.78, 5) is 22.1. The molecular formula is C22H22N4O3. The summed E-state index contributed by atoms with van der Waals surface area (Å²) in [6.07, 6.45) is 2.76. The van der Waals surface area contributed by atoms with Crippen molar-refractivity contribution < 1.29 is 14.3 Å². The number of methoxy groups -OCH3 is 1. The topological polar surface area (TPSA) is 76.6 Å². The smallest absolute Gasteiger partial charge is 0.246 e. The summed E-state index contributed by atoms with van der Waals surface area (Å²) in [6, 6.07) is 13.8. The van der Waals surface area contributed by atoms with Gasteiger partial charge in [-0.05, 0) is 17.7 Å². The van der Waals surface area contributed by atoms with Gasteiger partial charge in [0.15, 0.2) is 11.5 Å². The molecule has 1 aromatic heterocycles. The maximum Gasteiger partial charge on any atom is 0.246 e. The lowest BCUT2D eigenvalue weighted by Gasteiger charge is -2.38. The van der Waals surface area contributed by atoms with Crippen LogP contribution >= 0.6 is 0 Å². The van der Waals surface area contributed by atoms with Gasteiger partial charge in [0.1, 0.15) is 18.2 Å². The SMILES string of the molecule is C=CC(=O)N1CC(Oc2cc3c(NCc4ccccc4)ncnc3cc2OC)C1. The second-order valence-corrected chi connectivity index (χ2v) is 6.77. The predicted octanol–water partition coefficient (Wildman–Crippen LogP) is 3.03. The average Bonchev–Trinajstić information content (AvgIpc) is 2.74. The molecule has 2 aromatic carbocycles. The van der Waals surface area contributed by atoms with Gasteiger partial charge in [-0.3, -0.25) is 4.79 Å². The highest BCUT2D eigenvalue weighted by molar-refractivity contribution is 5.91. The Bertz CT molecular complexity index is 1030. The van der Waals surface area contributed by atoms with Crippen LogP contribution in [0.3, 0.4) is 0 Å². The summed E-state index contributed by atoms with van der Waals surface area (Å²) in [5.41, 5.74) is 1.92. The van der Waals surface area contributed by atoms with Crippen LogP contribution in [0.1, 0.15) is 5.56 Å². The number of nitrogens with one attached hydrogen (secondary N) is 1. The predicted molar refractivity (Wildman–Crippen MR) is 111 cm³/mol. The third-order valence-electron chi connectivity index (χ3n) is 4.85. The first kappa shape index (κ1) is 18.7. The Hall–Kier alpha value is -3.61. The van der Waals surface area contributed by atoms with Crippen molar-refractivity contribution in [3.05, 3.63) is 67.0 Å². The number of hydrogen-bond acceptors (Lipinski definition) is 6. The Labute approximate surface area is 169 Å². The van der Waals surface area contributed by atoms with Gasteiger partial charge in [-0.25, -0.2) is 9.97 Å². The summed E-state index contributed by atoms with van der Waals surface area (Å²) >= 11 is 0. The molecule has 0 saturated carbocycles. The zero-order valence-electron chi connectivity index (χ0n) is 16.2. The molecule has 1 amide bonds. The van der Waals surface area contributed by atoms with Crippen LogP contribution in [0.25, 0.3) is 10.9 Å². The van der Waals surface area contributed by atoms with E-state index in [1.165, 1.54) is 12.4 Å². The summed E-state index contributed by atoms with van der Waals surface area (Å²) in [6.45, 7) is 5.21. The van der Waals surface area contributed by atoms with Crippen molar-refractivity contribution >= 4 is 22.6 Å². The summed E-state index contributed by atoms with van der Waals surface area (Å²) in [5, 5.41) is 4.21. The minimum Gasteiger partial charge on any atom is -0.493 e. The van der Waals surface area contributed by atoms with Gasteiger partial charge in [0.25, 0.3) is 0 Å². The molecule has 0 atom stereocenters. The molecule has 7 nitrogen and oxygen atoms in total. The molecule has 1 aliphatic heterocycles. The van der Waals surface area contributed by atoms with Gasteiger partial charge in [0.05, 0.1) is 25.7 Å². The molecule has 1 saturated heterocycles. The van der Waals surface area contributed by atoms with Gasteiger partial charge in [0, 0.05) is 18.0 Å². The third kappa shape index (κ3) is 3.99. The minimum atomic E-state index is -0.0874. The van der Waals surface area contributed by atoms with Crippen LogP contribution in [0, 0.1) is 0 Å². The lowest BCUT2D eigenvalue weighted by atomic mass is 10.1. The van der Waals surface area contributed by atoms with Crippen LogP contribution in [-0.2, 0) is 11.3 Å². The molecule has 4 rings (SSSR count). The molecule has 0 radical (unpaired) electrons. The highest BCUT2D eigenvalue weighted by Crippen LogP contribution is 2.35. The van der Waals surface area contributed by atoms with Crippen LogP contribution in [0.15, 0.2) is 61.4 Å². The number of ether oxygens (including phenoxy) is 2. The number of nitrogens with zero attached hydrogens (tertiary/aromatic N) is 3. The molecule has 0 bridgehead atoms. The fraction of sp³-hybridized carbons (Fsp3) is 0.227. The van der Waals surface area contributed by atoms with Crippen molar-refractivity contribution in [1.29, 1.82) is 0 Å². The number of hydrogen-bond donors (Lipinski definition) is 1. The highest BCUT2D eigenvalue weighted by Gasteiger charge is 2.31. The second-order valence-electron chi connectivity index (χ2n) is 6.77. The van der Waals surface area contributed by atoms with Crippen molar-refractivity contribution in [2.24, 2.45) is 0 Å². The Morgan fingerprint density at radius 1 is 1.24 bits per heavy atom. The number of amides is 1. The van der Waals surface area contributed by atoms with E-state index in [1.54, 1.807) is 12.0 Å². The lowest BCUT2D eigenvalue weighted by Crippen LogP contribution is -2.55. The number of likely N-dealkylation sites (tertiary alicyclic amines) is 1. The van der Waals surface area contributed by atoms with E-state index in [9.17, 15) is 4.79 Å². The Balaban J connectivity index is 1.56. The van der Waals surface area contributed by atoms with Crippen LogP contribution in [-0.4, -0.2) is 47.1 Å². The van der Waals surface area contributed by atoms with E-state index in [-0.39, 0.29) is 12.0 Å². The molecule has 7 heteroatoms. The molecule has 1 fully saturated rings. The van der Waals surface area contributed by atoms with Crippen LogP contribution < -0.4 is 14.8 Å². The average molecular weight is 390 g/mol. The Kier molecular flexibility index (Phi) is 5.29. The largest absolute Gasteiger partial charge is 0.493 e. The standard InChI is InChI=1S/C22H22N4O3/c1-3-21(27)26-12-16(13-26)29-20-9-17-18(10-19(20)28-2)24-14-25-22(17)23-11-15-7-5-4-6-8-15/h3-10,14,16H,1,11-13H2,2H3,(H,23,24,25). The maximum absolute atomic E-state index is 11.6. The van der Waals surface area contributed by atoms with Crippen molar-refractivity contribution in [1.82, 2.24) is 14.9 Å². The number of aromatic nitrogens is 2. The van der Waals surface area contributed by atoms with Gasteiger partial charge < -0.3 is 19.7 Å². The fourth-order valence-corrected chi connectivity index (χ4v) is 3.24. The van der Waals surface area contributed by atoms with Crippen LogP contribution in [0.4, 0.5) is 5.82 Å². The molecule has 0 aliphatic carbocycles. The van der Waals surface area contributed by atoms with Crippen molar-refractivity contribution in [3.63, 3.8) is 0 Å². The number of anilines is 1. The number of benzene rings is 2. The lowest BCUT2D eigenvalue weighted by molar-refractivity contribution is -0.134. The first-order valence-corrected chi connectivity index (χ1v) is 9.36. The van der Waals surface area contributed by atoms with E-state index in [0.29, 0.717) is 31.1 Å². The number of rotatable bonds is 7. The molecule has 1 aliphatic rings. The highest BCUT2D eigenvalue weighted by atomic mass is 16.5. The zero-order valence-corrected chi connectivity index (χ0v) is 16.2. The first-order valence-electron chi connectivity index (χ1n) is 9.36. The molecule has 29 heavy (non-hydrogen) atoms. The van der Waals surface area contributed by atoms with Crippen LogP contribution in [0.2, 0.25) is 0 Å². The molecule has 0 spiro atoms. The second kappa shape index (κ2) is 8.18. The Morgan fingerprint density at radius 2 is 2.03 bits per heavy atom.